The van der Waals surface area contributed by atoms with E-state index in [1.807, 2.05) is 45.0 Å². The molecule has 12 heteroatoms. The van der Waals surface area contributed by atoms with Crippen molar-refractivity contribution in [1.82, 2.24) is 14.9 Å². The van der Waals surface area contributed by atoms with E-state index in [0.29, 0.717) is 30.0 Å². The number of piperidine rings is 1. The molecule has 0 spiro atoms. The molecule has 0 atom stereocenters. The Morgan fingerprint density at radius 1 is 1.09 bits per heavy atom. The van der Waals surface area contributed by atoms with E-state index < -0.39 is 22.8 Å². The molecule has 0 saturated carbocycles. The summed E-state index contributed by atoms with van der Waals surface area (Å²) in [6.07, 6.45) is -2.61. The monoisotopic (exact) mass is 610 g/mol. The van der Waals surface area contributed by atoms with Crippen molar-refractivity contribution in [2.24, 2.45) is 0 Å². The van der Waals surface area contributed by atoms with Crippen LogP contribution in [0.1, 0.15) is 75.6 Å². The molecule has 0 bridgehead atoms. The van der Waals surface area contributed by atoms with E-state index >= 15 is 0 Å². The van der Waals surface area contributed by atoms with Gasteiger partial charge in [0, 0.05) is 37.2 Å². The van der Waals surface area contributed by atoms with Gasteiger partial charge in [0.2, 0.25) is 11.9 Å². The second-order valence-corrected chi connectivity index (χ2v) is 12.7. The highest BCUT2D eigenvalue weighted by Crippen LogP contribution is 2.40. The predicted molar refractivity (Wildman–Crippen MR) is 162 cm³/mol. The molecule has 0 radical (unpaired) electrons. The number of rotatable bonds is 6. The molecule has 0 unspecified atom stereocenters. The van der Waals surface area contributed by atoms with Gasteiger partial charge in [-0.1, -0.05) is 24.3 Å². The van der Waals surface area contributed by atoms with Crippen LogP contribution in [0.5, 0.6) is 0 Å². The molecule has 3 heterocycles. The maximum Gasteiger partial charge on any atom is 0.421 e. The number of anilines is 4. The lowest BCUT2D eigenvalue weighted by Crippen LogP contribution is -2.41. The summed E-state index contributed by atoms with van der Waals surface area (Å²) < 4.78 is 47.1. The third kappa shape index (κ3) is 6.74. The highest BCUT2D eigenvalue weighted by Gasteiger charge is 2.40. The van der Waals surface area contributed by atoms with Gasteiger partial charge in [0.25, 0.3) is 0 Å². The van der Waals surface area contributed by atoms with E-state index in [1.165, 1.54) is 0 Å². The number of ether oxygens (including phenoxy) is 1. The van der Waals surface area contributed by atoms with Crippen molar-refractivity contribution in [3.63, 3.8) is 0 Å². The first-order chi connectivity index (χ1) is 20.6. The fourth-order valence-corrected chi connectivity index (χ4v) is 5.63. The number of alkyl halides is 3. The van der Waals surface area contributed by atoms with Crippen LogP contribution < -0.4 is 16.0 Å². The number of hydrogen-bond acceptors (Lipinski definition) is 7. The number of halogens is 3. The average Bonchev–Trinajstić information content (AvgIpc) is 3.19. The Hall–Kier alpha value is -4.35. The Morgan fingerprint density at radius 3 is 2.41 bits per heavy atom. The van der Waals surface area contributed by atoms with Crippen LogP contribution in [0, 0.1) is 0 Å². The normalized spacial score (nSPS) is 16.7. The molecule has 5 rings (SSSR count). The Balaban J connectivity index is 1.26. The zero-order valence-electron chi connectivity index (χ0n) is 25.4. The third-order valence-electron chi connectivity index (χ3n) is 7.92. The topological polar surface area (TPSA) is 108 Å². The molecular formula is C32H37F3N6O3. The van der Waals surface area contributed by atoms with Crippen LogP contribution >= 0.6 is 0 Å². The maximum absolute atomic E-state index is 13.9. The van der Waals surface area contributed by atoms with E-state index in [4.69, 9.17) is 4.74 Å². The number of nitrogens with zero attached hydrogens (tertiary/aromatic N) is 3. The fraction of sp³-hybridized carbons (Fsp3) is 0.438. The lowest BCUT2D eigenvalue weighted by atomic mass is 9.83. The van der Waals surface area contributed by atoms with Crippen molar-refractivity contribution in [2.75, 3.05) is 29.0 Å². The van der Waals surface area contributed by atoms with Crippen LogP contribution in [0.15, 0.2) is 48.7 Å². The number of carbonyl (C=O) groups is 2. The number of hydrogen-bond donors (Lipinski definition) is 3. The van der Waals surface area contributed by atoms with Crippen molar-refractivity contribution in [3.05, 3.63) is 70.9 Å². The van der Waals surface area contributed by atoms with Crippen LogP contribution in [0.4, 0.5) is 41.1 Å². The summed E-state index contributed by atoms with van der Waals surface area (Å²) in [6.45, 7) is 10.3. The van der Waals surface area contributed by atoms with E-state index in [9.17, 15) is 22.8 Å². The van der Waals surface area contributed by atoms with Gasteiger partial charge in [0.05, 0.1) is 5.41 Å². The van der Waals surface area contributed by atoms with Crippen LogP contribution in [-0.4, -0.2) is 45.6 Å². The standard InChI is InChI=1S/C32H37F3N6O3/c1-30(2,3)44-29(43)41-15-13-20(14-16-41)19-9-11-22(12-10-19)38-28-37-18-23(32(33,34)35)26(40-28)36-17-21-7-6-8-24-25(21)31(4,5)27(42)39-24/h6-12,18,20H,13-17H2,1-5H3,(H,39,42)(H2,36,37,38,40). The van der Waals surface area contributed by atoms with Crippen LogP contribution in [0.25, 0.3) is 0 Å². The number of aromatic nitrogens is 2. The summed E-state index contributed by atoms with van der Waals surface area (Å²) in [4.78, 5) is 34.6. The Morgan fingerprint density at radius 2 is 1.77 bits per heavy atom. The molecule has 9 nitrogen and oxygen atoms in total. The Bertz CT molecular complexity index is 1540. The van der Waals surface area contributed by atoms with Crippen LogP contribution in [0.3, 0.4) is 0 Å². The third-order valence-corrected chi connectivity index (χ3v) is 7.92. The second kappa shape index (κ2) is 11.6. The Kier molecular flexibility index (Phi) is 8.21. The first-order valence-corrected chi connectivity index (χ1v) is 14.6. The van der Waals surface area contributed by atoms with E-state index in [1.54, 1.807) is 36.9 Å². The lowest BCUT2D eigenvalue weighted by molar-refractivity contribution is -0.137. The minimum Gasteiger partial charge on any atom is -0.444 e. The zero-order valence-corrected chi connectivity index (χ0v) is 25.4. The van der Waals surface area contributed by atoms with Crippen molar-refractivity contribution in [1.29, 1.82) is 0 Å². The van der Waals surface area contributed by atoms with Gasteiger partial charge in [0.15, 0.2) is 0 Å². The van der Waals surface area contributed by atoms with Gasteiger partial charge in [0.1, 0.15) is 17.0 Å². The van der Waals surface area contributed by atoms with Gasteiger partial charge in [-0.25, -0.2) is 9.78 Å². The summed E-state index contributed by atoms with van der Waals surface area (Å²) in [5, 5.41) is 8.67. The molecular weight excluding hydrogens is 573 g/mol. The summed E-state index contributed by atoms with van der Waals surface area (Å²) in [5.41, 5.74) is 1.48. The second-order valence-electron chi connectivity index (χ2n) is 12.7. The number of benzene rings is 2. The number of carbonyl (C=O) groups excluding carboxylic acids is 2. The smallest absolute Gasteiger partial charge is 0.421 e. The van der Waals surface area contributed by atoms with Crippen molar-refractivity contribution < 1.29 is 27.5 Å². The molecule has 2 aliphatic heterocycles. The van der Waals surface area contributed by atoms with E-state index in [2.05, 4.69) is 25.9 Å². The van der Waals surface area contributed by atoms with Crippen molar-refractivity contribution in [2.45, 2.75) is 77.1 Å². The number of likely N-dealkylation sites (tertiary alicyclic amines) is 1. The quantitative estimate of drug-likeness (QED) is 0.271. The van der Waals surface area contributed by atoms with Gasteiger partial charge in [-0.15, -0.1) is 0 Å². The van der Waals surface area contributed by atoms with Crippen LogP contribution in [-0.2, 0) is 27.7 Å². The Labute approximate surface area is 254 Å². The summed E-state index contributed by atoms with van der Waals surface area (Å²) in [5.74, 6) is -0.247. The van der Waals surface area contributed by atoms with E-state index in [0.717, 1.165) is 30.2 Å². The summed E-state index contributed by atoms with van der Waals surface area (Å²) in [7, 11) is 0. The first kappa shape index (κ1) is 31.1. The van der Waals surface area contributed by atoms with Gasteiger partial charge < -0.3 is 25.6 Å². The average molecular weight is 611 g/mol. The number of fused-ring (bicyclic) bond motifs is 1. The van der Waals surface area contributed by atoms with Gasteiger partial charge in [-0.05, 0) is 88.3 Å². The zero-order chi connectivity index (χ0) is 31.9. The van der Waals surface area contributed by atoms with Crippen LogP contribution in [0.2, 0.25) is 0 Å². The minimum absolute atomic E-state index is 0.00869. The predicted octanol–water partition coefficient (Wildman–Crippen LogP) is 7.20. The molecule has 0 aliphatic carbocycles. The fourth-order valence-electron chi connectivity index (χ4n) is 5.63. The molecule has 2 aliphatic rings. The highest BCUT2D eigenvalue weighted by molar-refractivity contribution is 6.06. The molecule has 3 N–H and O–H groups in total. The number of nitrogens with one attached hydrogen (secondary N) is 3. The summed E-state index contributed by atoms with van der Waals surface area (Å²) >= 11 is 0. The molecule has 234 valence electrons. The van der Waals surface area contributed by atoms with E-state index in [-0.39, 0.29) is 36.2 Å². The largest absolute Gasteiger partial charge is 0.444 e. The molecule has 2 amide bonds. The van der Waals surface area contributed by atoms with Gasteiger partial charge >= 0.3 is 12.3 Å². The molecule has 3 aromatic rings. The minimum atomic E-state index is -4.67. The highest BCUT2D eigenvalue weighted by atomic mass is 19.4. The molecule has 2 aromatic carbocycles. The molecule has 1 fully saturated rings. The SMILES string of the molecule is CC(C)(C)OC(=O)N1CCC(c2ccc(Nc3ncc(C(F)(F)F)c(NCc4cccc5c4C(C)(C)C(=O)N5)n3)cc2)CC1. The maximum atomic E-state index is 13.9. The van der Waals surface area contributed by atoms with Crippen molar-refractivity contribution in [3.8, 4) is 0 Å². The van der Waals surface area contributed by atoms with Gasteiger partial charge in [-0.3, -0.25) is 4.79 Å². The van der Waals surface area contributed by atoms with Gasteiger partial charge in [-0.2, -0.15) is 18.2 Å². The first-order valence-electron chi connectivity index (χ1n) is 14.6. The number of amides is 2. The molecule has 1 aromatic heterocycles. The summed E-state index contributed by atoms with van der Waals surface area (Å²) in [6, 6.07) is 12.9. The molecule has 1 saturated heterocycles. The van der Waals surface area contributed by atoms with Crippen molar-refractivity contribution >= 4 is 35.1 Å². The molecule has 44 heavy (non-hydrogen) atoms. The lowest BCUT2D eigenvalue weighted by Gasteiger charge is -2.33.